The second-order valence-electron chi connectivity index (χ2n) is 4.40. The Labute approximate surface area is 132 Å². The van der Waals surface area contributed by atoms with E-state index in [1.165, 1.54) is 38.5 Å². The summed E-state index contributed by atoms with van der Waals surface area (Å²) in [4.78, 5) is -0.490. The molecule has 23 heavy (non-hydrogen) atoms. The number of hydrogen-bond donors (Lipinski definition) is 1. The number of nitrogens with zero attached hydrogens (tertiary/aromatic N) is 2. The third-order valence-electron chi connectivity index (χ3n) is 2.90. The Morgan fingerprint density at radius 1 is 1.04 bits per heavy atom. The first-order chi connectivity index (χ1) is 10.8. The Bertz CT molecular complexity index is 853. The number of rotatable bonds is 5. The minimum absolute atomic E-state index is 0.168. The van der Waals surface area contributed by atoms with Gasteiger partial charge in [0.05, 0.1) is 25.6 Å². The van der Waals surface area contributed by atoms with E-state index in [-0.39, 0.29) is 5.69 Å². The number of benzene rings is 2. The maximum absolute atomic E-state index is 13.0. The van der Waals surface area contributed by atoms with Crippen LogP contribution in [-0.2, 0) is 10.2 Å². The summed E-state index contributed by atoms with van der Waals surface area (Å²) in [7, 11) is -1.91. The molecule has 9 heteroatoms. The van der Waals surface area contributed by atoms with Crippen LogP contribution in [0.25, 0.3) is 0 Å². The van der Waals surface area contributed by atoms with E-state index in [0.717, 1.165) is 12.1 Å². The number of nitrogens with two attached hydrogens (primary N) is 1. The summed E-state index contributed by atoms with van der Waals surface area (Å²) in [6.07, 6.45) is 0. The van der Waals surface area contributed by atoms with Crippen molar-refractivity contribution in [3.05, 3.63) is 36.4 Å². The molecule has 2 aromatic rings. The van der Waals surface area contributed by atoms with Crippen LogP contribution >= 0.6 is 0 Å². The molecule has 2 rings (SSSR count). The van der Waals surface area contributed by atoms with Crippen LogP contribution in [0.1, 0.15) is 0 Å². The third kappa shape index (κ3) is 3.95. The molecular weight excluding hydrogens is 325 g/mol. The van der Waals surface area contributed by atoms with Gasteiger partial charge >= 0.3 is 10.2 Å². The highest BCUT2D eigenvalue weighted by Gasteiger charge is 2.12. The highest BCUT2D eigenvalue weighted by atomic mass is 32.3. The van der Waals surface area contributed by atoms with Crippen LogP contribution in [0, 0.1) is 0 Å². The van der Waals surface area contributed by atoms with Crippen molar-refractivity contribution in [2.75, 3.05) is 20.0 Å². The van der Waals surface area contributed by atoms with Crippen molar-refractivity contribution < 1.29 is 21.8 Å². The summed E-state index contributed by atoms with van der Waals surface area (Å²) in [5, 5.41) is 7.85. The van der Waals surface area contributed by atoms with Crippen LogP contribution < -0.4 is 15.2 Å². The fraction of sp³-hybridized carbons (Fsp3) is 0.143. The molecule has 0 spiro atoms. The molecule has 0 saturated heterocycles. The van der Waals surface area contributed by atoms with E-state index >= 15 is 0 Å². The Balaban J connectivity index is 2.41. The lowest BCUT2D eigenvalue weighted by molar-refractivity contribution is 0.406. The Kier molecular flexibility index (Phi) is 4.80. The maximum atomic E-state index is 13.0. The summed E-state index contributed by atoms with van der Waals surface area (Å²) in [6.45, 7) is 0. The van der Waals surface area contributed by atoms with E-state index in [1.54, 1.807) is 0 Å². The van der Waals surface area contributed by atoms with E-state index in [2.05, 4.69) is 10.2 Å². The van der Waals surface area contributed by atoms with Gasteiger partial charge in [0.2, 0.25) is 0 Å². The zero-order chi connectivity index (χ0) is 17.0. The highest BCUT2D eigenvalue weighted by molar-refractivity contribution is 7.86. The van der Waals surface area contributed by atoms with Crippen molar-refractivity contribution in [3.8, 4) is 11.5 Å². The molecule has 0 unspecified atom stereocenters. The average molecular weight is 339 g/mol. The lowest BCUT2D eigenvalue weighted by Crippen LogP contribution is -1.94. The molecule has 0 atom stereocenters. The Hall–Kier alpha value is -2.68. The first-order valence-electron chi connectivity index (χ1n) is 6.33. The van der Waals surface area contributed by atoms with Gasteiger partial charge in [-0.05, 0) is 18.2 Å². The van der Waals surface area contributed by atoms with Gasteiger partial charge in [0.25, 0.3) is 0 Å². The molecule has 2 N–H and O–H groups in total. The second kappa shape index (κ2) is 6.61. The van der Waals surface area contributed by atoms with Crippen LogP contribution in [0.2, 0.25) is 0 Å². The quantitative estimate of drug-likeness (QED) is 0.511. The molecule has 0 aliphatic carbocycles. The van der Waals surface area contributed by atoms with Gasteiger partial charge in [0.15, 0.2) is 0 Å². The van der Waals surface area contributed by atoms with Crippen molar-refractivity contribution >= 4 is 27.3 Å². The average Bonchev–Trinajstić information content (AvgIpc) is 2.52. The second-order valence-corrected chi connectivity index (χ2v) is 5.75. The molecule has 0 aliphatic rings. The number of methoxy groups -OCH3 is 2. The van der Waals surface area contributed by atoms with Gasteiger partial charge in [-0.2, -0.15) is 13.5 Å². The molecular formula is C14H14FN3O4S. The van der Waals surface area contributed by atoms with Crippen molar-refractivity contribution in [2.45, 2.75) is 4.90 Å². The lowest BCUT2D eigenvalue weighted by atomic mass is 10.2. The first-order valence-corrected chi connectivity index (χ1v) is 7.71. The molecule has 0 heterocycles. The topological polar surface area (TPSA) is 103 Å². The standard InChI is InChI=1S/C14H14FN3O4S/c1-21-13-8-12(14(22-2)7-11(13)16)18-17-9-4-3-5-10(6-9)23(15,19)20/h3-8H,16H2,1-2H3. The number of ether oxygens (including phenoxy) is 2. The van der Waals surface area contributed by atoms with Gasteiger partial charge in [0.1, 0.15) is 22.1 Å². The minimum atomic E-state index is -4.80. The summed E-state index contributed by atoms with van der Waals surface area (Å²) < 4.78 is 45.0. The van der Waals surface area contributed by atoms with Gasteiger partial charge in [-0.1, -0.05) is 6.07 Å². The molecule has 0 saturated carbocycles. The molecule has 7 nitrogen and oxygen atoms in total. The SMILES string of the molecule is COc1cc(N=Nc2cccc(S(=O)(=O)F)c2)c(OC)cc1N. The van der Waals surface area contributed by atoms with E-state index < -0.39 is 15.1 Å². The van der Waals surface area contributed by atoms with Crippen molar-refractivity contribution in [2.24, 2.45) is 10.2 Å². The number of azo groups is 1. The number of hydrogen-bond acceptors (Lipinski definition) is 7. The summed E-state index contributed by atoms with van der Waals surface area (Å²) in [6, 6.07) is 8.09. The predicted octanol–water partition coefficient (Wildman–Crippen LogP) is 3.36. The molecule has 0 bridgehead atoms. The van der Waals surface area contributed by atoms with Gasteiger partial charge in [-0.15, -0.1) is 9.00 Å². The maximum Gasteiger partial charge on any atom is 0.332 e. The molecule has 0 amide bonds. The largest absolute Gasteiger partial charge is 0.495 e. The van der Waals surface area contributed by atoms with E-state index in [9.17, 15) is 12.3 Å². The number of halogens is 1. The first kappa shape index (κ1) is 16.7. The fourth-order valence-electron chi connectivity index (χ4n) is 1.79. The monoisotopic (exact) mass is 339 g/mol. The van der Waals surface area contributed by atoms with Gasteiger partial charge in [-0.3, -0.25) is 0 Å². The molecule has 0 fully saturated rings. The zero-order valence-electron chi connectivity index (χ0n) is 12.4. The van der Waals surface area contributed by atoms with Gasteiger partial charge < -0.3 is 15.2 Å². The highest BCUT2D eigenvalue weighted by Crippen LogP contribution is 2.37. The smallest absolute Gasteiger partial charge is 0.332 e. The van der Waals surface area contributed by atoms with Crippen molar-refractivity contribution in [1.29, 1.82) is 0 Å². The predicted molar refractivity (Wildman–Crippen MR) is 82.9 cm³/mol. The molecule has 0 aliphatic heterocycles. The molecule has 0 aromatic heterocycles. The lowest BCUT2D eigenvalue weighted by Gasteiger charge is -2.09. The zero-order valence-corrected chi connectivity index (χ0v) is 13.2. The minimum Gasteiger partial charge on any atom is -0.495 e. The molecule has 0 radical (unpaired) electrons. The summed E-state index contributed by atoms with van der Waals surface area (Å²) >= 11 is 0. The van der Waals surface area contributed by atoms with Crippen LogP contribution in [-0.4, -0.2) is 22.6 Å². The number of anilines is 1. The van der Waals surface area contributed by atoms with Crippen LogP contribution in [0.3, 0.4) is 0 Å². The van der Waals surface area contributed by atoms with Crippen molar-refractivity contribution in [3.63, 3.8) is 0 Å². The summed E-state index contributed by atoms with van der Waals surface area (Å²) in [5.41, 5.74) is 6.63. The van der Waals surface area contributed by atoms with Gasteiger partial charge in [-0.25, -0.2) is 0 Å². The number of nitrogen functional groups attached to an aromatic ring is 1. The van der Waals surface area contributed by atoms with Crippen LogP contribution in [0.4, 0.5) is 20.9 Å². The molecule has 122 valence electrons. The van der Waals surface area contributed by atoms with E-state index in [1.807, 2.05) is 0 Å². The normalized spacial score (nSPS) is 11.6. The van der Waals surface area contributed by atoms with Crippen molar-refractivity contribution in [1.82, 2.24) is 0 Å². The fourth-order valence-corrected chi connectivity index (χ4v) is 2.29. The Morgan fingerprint density at radius 3 is 2.35 bits per heavy atom. The van der Waals surface area contributed by atoms with E-state index in [0.29, 0.717) is 22.9 Å². The van der Waals surface area contributed by atoms with Crippen LogP contribution in [0.15, 0.2) is 51.5 Å². The molecule has 2 aromatic carbocycles. The van der Waals surface area contributed by atoms with E-state index in [4.69, 9.17) is 15.2 Å². The van der Waals surface area contributed by atoms with Crippen LogP contribution in [0.5, 0.6) is 11.5 Å². The summed E-state index contributed by atoms with van der Waals surface area (Å²) in [5.74, 6) is 0.751. The Morgan fingerprint density at radius 2 is 1.74 bits per heavy atom. The van der Waals surface area contributed by atoms with Gasteiger partial charge in [0, 0.05) is 12.1 Å². The third-order valence-corrected chi connectivity index (χ3v) is 3.72.